The molecule has 0 aliphatic heterocycles. The highest BCUT2D eigenvalue weighted by Crippen LogP contribution is 2.25. The fourth-order valence-corrected chi connectivity index (χ4v) is 4.18. The van der Waals surface area contributed by atoms with Gasteiger partial charge in [0.25, 0.3) is 10.0 Å². The molecule has 0 saturated heterocycles. The van der Waals surface area contributed by atoms with Crippen molar-refractivity contribution in [2.45, 2.75) is 30.9 Å². The van der Waals surface area contributed by atoms with Gasteiger partial charge in [-0.1, -0.05) is 25.4 Å². The Hall–Kier alpha value is -0.630. The minimum absolute atomic E-state index is 0.118. The molecule has 0 radical (unpaired) electrons. The van der Waals surface area contributed by atoms with Crippen molar-refractivity contribution in [3.63, 3.8) is 0 Å². The standard InChI is InChI=1S/C12H19ClN2O3S2/c1-3-7-15(8-4-2)11(16)9-14-20(17,18)12-6-5-10(13)19-12/h5-6,14H,3-4,7-9H2,1-2H3. The first-order valence-corrected chi connectivity index (χ1v) is 9.11. The van der Waals surface area contributed by atoms with E-state index in [4.69, 9.17) is 11.6 Å². The SMILES string of the molecule is CCCN(CCC)C(=O)CNS(=O)(=O)c1ccc(Cl)s1. The van der Waals surface area contributed by atoms with Crippen molar-refractivity contribution in [1.29, 1.82) is 0 Å². The van der Waals surface area contributed by atoms with Crippen LogP contribution < -0.4 is 4.72 Å². The predicted octanol–water partition coefficient (Wildman–Crippen LogP) is 2.33. The first-order valence-electron chi connectivity index (χ1n) is 6.43. The number of hydrogen-bond acceptors (Lipinski definition) is 4. The highest BCUT2D eigenvalue weighted by molar-refractivity contribution is 7.91. The lowest BCUT2D eigenvalue weighted by atomic mass is 10.3. The molecule has 1 heterocycles. The van der Waals surface area contributed by atoms with Crippen LogP contribution in [0.1, 0.15) is 26.7 Å². The number of nitrogens with zero attached hydrogens (tertiary/aromatic N) is 1. The average molecular weight is 339 g/mol. The summed E-state index contributed by atoms with van der Waals surface area (Å²) in [4.78, 5) is 13.7. The van der Waals surface area contributed by atoms with E-state index in [-0.39, 0.29) is 16.7 Å². The summed E-state index contributed by atoms with van der Waals surface area (Å²) < 4.78 is 26.8. The Morgan fingerprint density at radius 2 is 1.90 bits per heavy atom. The zero-order valence-corrected chi connectivity index (χ0v) is 13.9. The normalized spacial score (nSPS) is 11.6. The van der Waals surface area contributed by atoms with Crippen molar-refractivity contribution < 1.29 is 13.2 Å². The monoisotopic (exact) mass is 338 g/mol. The second kappa shape index (κ2) is 7.97. The number of amides is 1. The third-order valence-electron chi connectivity index (χ3n) is 2.57. The Balaban J connectivity index is 2.63. The number of carbonyl (C=O) groups excluding carboxylic acids is 1. The van der Waals surface area contributed by atoms with Crippen LogP contribution in [0.15, 0.2) is 16.3 Å². The molecule has 0 aliphatic carbocycles. The molecule has 0 atom stereocenters. The van der Waals surface area contributed by atoms with Crippen LogP contribution in [-0.2, 0) is 14.8 Å². The fourth-order valence-electron chi connectivity index (χ4n) is 1.68. The molecule has 114 valence electrons. The third kappa shape index (κ3) is 5.05. The van der Waals surface area contributed by atoms with Crippen LogP contribution in [0.5, 0.6) is 0 Å². The van der Waals surface area contributed by atoms with E-state index in [0.717, 1.165) is 24.2 Å². The Kier molecular flexibility index (Phi) is 6.94. The van der Waals surface area contributed by atoms with E-state index in [1.807, 2.05) is 13.8 Å². The number of hydrogen-bond donors (Lipinski definition) is 1. The molecule has 5 nitrogen and oxygen atoms in total. The van der Waals surface area contributed by atoms with Crippen LogP contribution in [0.25, 0.3) is 0 Å². The Bertz CT molecular complexity index is 537. The van der Waals surface area contributed by atoms with Crippen LogP contribution in [0.2, 0.25) is 4.34 Å². The van der Waals surface area contributed by atoms with Crippen molar-refractivity contribution in [3.8, 4) is 0 Å². The van der Waals surface area contributed by atoms with Crippen molar-refractivity contribution in [2.75, 3.05) is 19.6 Å². The molecule has 0 aromatic carbocycles. The minimum atomic E-state index is -3.66. The van der Waals surface area contributed by atoms with Gasteiger partial charge in [0, 0.05) is 13.1 Å². The maximum atomic E-state index is 12.0. The van der Waals surface area contributed by atoms with Crippen molar-refractivity contribution in [3.05, 3.63) is 16.5 Å². The molecule has 0 bridgehead atoms. The van der Waals surface area contributed by atoms with E-state index in [1.54, 1.807) is 4.90 Å². The van der Waals surface area contributed by atoms with E-state index in [1.165, 1.54) is 12.1 Å². The lowest BCUT2D eigenvalue weighted by molar-refractivity contribution is -0.130. The second-order valence-corrected chi connectivity index (χ2v) is 7.97. The molecule has 1 aromatic heterocycles. The minimum Gasteiger partial charge on any atom is -0.342 e. The molecule has 0 spiro atoms. The lowest BCUT2D eigenvalue weighted by Gasteiger charge is -2.21. The summed E-state index contributed by atoms with van der Waals surface area (Å²) in [5, 5.41) is 0. The zero-order chi connectivity index (χ0) is 15.2. The molecular formula is C12H19ClN2O3S2. The second-order valence-electron chi connectivity index (χ2n) is 4.26. The number of nitrogens with one attached hydrogen (secondary N) is 1. The number of halogens is 1. The van der Waals surface area contributed by atoms with Gasteiger partial charge in [-0.05, 0) is 25.0 Å². The van der Waals surface area contributed by atoms with E-state index < -0.39 is 10.0 Å². The van der Waals surface area contributed by atoms with Gasteiger partial charge < -0.3 is 4.90 Å². The van der Waals surface area contributed by atoms with Crippen molar-refractivity contribution in [1.82, 2.24) is 9.62 Å². The summed E-state index contributed by atoms with van der Waals surface area (Å²) in [5.74, 6) is -0.208. The maximum Gasteiger partial charge on any atom is 0.250 e. The molecule has 1 amide bonds. The number of carbonyl (C=O) groups is 1. The Morgan fingerprint density at radius 1 is 1.30 bits per heavy atom. The molecule has 0 unspecified atom stereocenters. The van der Waals surface area contributed by atoms with E-state index >= 15 is 0 Å². The van der Waals surface area contributed by atoms with Crippen LogP contribution in [0.3, 0.4) is 0 Å². The first kappa shape index (κ1) is 17.4. The largest absolute Gasteiger partial charge is 0.342 e. The Morgan fingerprint density at radius 3 is 2.35 bits per heavy atom. The van der Waals surface area contributed by atoms with E-state index in [0.29, 0.717) is 17.4 Å². The highest BCUT2D eigenvalue weighted by atomic mass is 35.5. The molecule has 8 heteroatoms. The smallest absolute Gasteiger partial charge is 0.250 e. The average Bonchev–Trinajstić information content (AvgIpc) is 2.83. The number of sulfonamides is 1. The summed E-state index contributed by atoms with van der Waals surface area (Å²) in [5.41, 5.74) is 0. The molecule has 0 aliphatic rings. The topological polar surface area (TPSA) is 66.5 Å². The van der Waals surface area contributed by atoms with Gasteiger partial charge in [-0.15, -0.1) is 11.3 Å². The van der Waals surface area contributed by atoms with Crippen LogP contribution in [0.4, 0.5) is 0 Å². The summed E-state index contributed by atoms with van der Waals surface area (Å²) in [7, 11) is -3.66. The molecule has 0 fully saturated rings. The van der Waals surface area contributed by atoms with Gasteiger partial charge in [-0.25, -0.2) is 13.1 Å². The molecular weight excluding hydrogens is 320 g/mol. The van der Waals surface area contributed by atoms with E-state index in [2.05, 4.69) is 4.72 Å². The maximum absolute atomic E-state index is 12.0. The molecule has 1 aromatic rings. The third-order valence-corrected chi connectivity index (χ3v) is 5.69. The highest BCUT2D eigenvalue weighted by Gasteiger charge is 2.19. The van der Waals surface area contributed by atoms with Crippen LogP contribution in [0, 0.1) is 0 Å². The van der Waals surface area contributed by atoms with Crippen LogP contribution >= 0.6 is 22.9 Å². The van der Waals surface area contributed by atoms with Gasteiger partial charge in [-0.3, -0.25) is 4.79 Å². The molecule has 1 N–H and O–H groups in total. The zero-order valence-electron chi connectivity index (χ0n) is 11.6. The summed E-state index contributed by atoms with van der Waals surface area (Å²) in [6.45, 7) is 5.01. The molecule has 1 rings (SSSR count). The van der Waals surface area contributed by atoms with E-state index in [9.17, 15) is 13.2 Å². The summed E-state index contributed by atoms with van der Waals surface area (Å²) in [6.07, 6.45) is 1.69. The Labute approximate surface area is 129 Å². The quantitative estimate of drug-likeness (QED) is 0.791. The first-order chi connectivity index (χ1) is 9.40. The predicted molar refractivity (Wildman–Crippen MR) is 81.7 cm³/mol. The fraction of sp³-hybridized carbons (Fsp3) is 0.583. The van der Waals surface area contributed by atoms with Gasteiger partial charge in [-0.2, -0.15) is 0 Å². The van der Waals surface area contributed by atoms with Crippen molar-refractivity contribution >= 4 is 38.9 Å². The van der Waals surface area contributed by atoms with Crippen molar-refractivity contribution in [2.24, 2.45) is 0 Å². The van der Waals surface area contributed by atoms with Gasteiger partial charge in [0.2, 0.25) is 5.91 Å². The van der Waals surface area contributed by atoms with Gasteiger partial charge >= 0.3 is 0 Å². The van der Waals surface area contributed by atoms with Gasteiger partial charge in [0.1, 0.15) is 4.21 Å². The van der Waals surface area contributed by atoms with Gasteiger partial charge in [0.15, 0.2) is 0 Å². The number of thiophene rings is 1. The summed E-state index contributed by atoms with van der Waals surface area (Å²) in [6, 6.07) is 2.94. The molecule has 0 saturated carbocycles. The lowest BCUT2D eigenvalue weighted by Crippen LogP contribution is -2.40. The summed E-state index contributed by atoms with van der Waals surface area (Å²) >= 11 is 6.68. The van der Waals surface area contributed by atoms with Gasteiger partial charge in [0.05, 0.1) is 10.9 Å². The molecule has 20 heavy (non-hydrogen) atoms. The van der Waals surface area contributed by atoms with Crippen LogP contribution in [-0.4, -0.2) is 38.9 Å². The number of rotatable bonds is 8.